The van der Waals surface area contributed by atoms with Crippen molar-refractivity contribution in [3.05, 3.63) is 18.2 Å². The maximum absolute atomic E-state index is 13.0. The molecule has 0 radical (unpaired) electrons. The number of hydrogen-bond donors (Lipinski definition) is 1. The summed E-state index contributed by atoms with van der Waals surface area (Å²) in [5, 5.41) is 3.32. The zero-order chi connectivity index (χ0) is 11.4. The van der Waals surface area contributed by atoms with E-state index in [1.807, 2.05) is 0 Å². The van der Waals surface area contributed by atoms with Crippen LogP contribution in [-0.2, 0) is 0 Å². The van der Waals surface area contributed by atoms with Crippen molar-refractivity contribution in [2.75, 3.05) is 20.3 Å². The van der Waals surface area contributed by atoms with Gasteiger partial charge in [0.15, 0.2) is 5.75 Å². The van der Waals surface area contributed by atoms with E-state index >= 15 is 0 Å². The van der Waals surface area contributed by atoms with E-state index in [-0.39, 0.29) is 5.75 Å². The fourth-order valence-corrected chi connectivity index (χ4v) is 1.73. The van der Waals surface area contributed by atoms with E-state index < -0.39 is 5.95 Å². The van der Waals surface area contributed by atoms with Gasteiger partial charge in [0.1, 0.15) is 12.4 Å². The highest BCUT2D eigenvalue weighted by Gasteiger charge is 2.15. The molecule has 0 aliphatic carbocycles. The Hall–Kier alpha value is -1.36. The number of aromatic nitrogens is 1. The monoisotopic (exact) mass is 226 g/mol. The van der Waals surface area contributed by atoms with Crippen LogP contribution < -0.4 is 14.8 Å². The van der Waals surface area contributed by atoms with E-state index in [1.54, 1.807) is 0 Å². The third-order valence-corrected chi connectivity index (χ3v) is 2.62. The molecule has 0 saturated carbocycles. The van der Waals surface area contributed by atoms with Crippen LogP contribution in [0.15, 0.2) is 12.3 Å². The topological polar surface area (TPSA) is 43.4 Å². The van der Waals surface area contributed by atoms with Gasteiger partial charge in [-0.25, -0.2) is 4.98 Å². The van der Waals surface area contributed by atoms with E-state index in [9.17, 15) is 4.39 Å². The van der Waals surface area contributed by atoms with Crippen molar-refractivity contribution in [3.63, 3.8) is 0 Å². The molecule has 1 aromatic heterocycles. The highest BCUT2D eigenvalue weighted by Crippen LogP contribution is 2.21. The van der Waals surface area contributed by atoms with Gasteiger partial charge in [0.25, 0.3) is 5.95 Å². The molecule has 1 fully saturated rings. The average Bonchev–Trinajstić information content (AvgIpc) is 2.81. The van der Waals surface area contributed by atoms with Crippen LogP contribution in [0.3, 0.4) is 0 Å². The van der Waals surface area contributed by atoms with Crippen LogP contribution in [0.25, 0.3) is 0 Å². The van der Waals surface area contributed by atoms with Gasteiger partial charge in [-0.1, -0.05) is 0 Å². The largest absolute Gasteiger partial charge is 0.492 e. The van der Waals surface area contributed by atoms with Gasteiger partial charge in [-0.2, -0.15) is 4.39 Å². The Morgan fingerprint density at radius 3 is 3.19 bits per heavy atom. The molecule has 0 aromatic carbocycles. The highest BCUT2D eigenvalue weighted by molar-refractivity contribution is 5.29. The van der Waals surface area contributed by atoms with Gasteiger partial charge in [0, 0.05) is 12.1 Å². The van der Waals surface area contributed by atoms with Crippen molar-refractivity contribution < 1.29 is 13.9 Å². The summed E-state index contributed by atoms with van der Waals surface area (Å²) in [4.78, 5) is 3.56. The summed E-state index contributed by atoms with van der Waals surface area (Å²) in [6.45, 7) is 1.62. The summed E-state index contributed by atoms with van der Waals surface area (Å²) < 4.78 is 23.3. The predicted octanol–water partition coefficient (Wildman–Crippen LogP) is 1.36. The number of rotatable bonds is 4. The second kappa shape index (κ2) is 5.12. The summed E-state index contributed by atoms with van der Waals surface area (Å²) in [6, 6.07) is 1.90. The maximum Gasteiger partial charge on any atom is 0.255 e. The molecule has 1 saturated heterocycles. The normalized spacial score (nSPS) is 19.8. The van der Waals surface area contributed by atoms with Gasteiger partial charge in [-0.3, -0.25) is 0 Å². The molecule has 1 aliphatic rings. The zero-order valence-electron chi connectivity index (χ0n) is 9.20. The van der Waals surface area contributed by atoms with Crippen molar-refractivity contribution >= 4 is 0 Å². The van der Waals surface area contributed by atoms with Gasteiger partial charge >= 0.3 is 0 Å². The number of halogens is 1. The molecule has 1 aromatic rings. The summed E-state index contributed by atoms with van der Waals surface area (Å²) >= 11 is 0. The number of hydrogen-bond acceptors (Lipinski definition) is 4. The molecular weight excluding hydrogens is 211 g/mol. The van der Waals surface area contributed by atoms with Crippen molar-refractivity contribution in [1.82, 2.24) is 10.3 Å². The summed E-state index contributed by atoms with van der Waals surface area (Å²) in [7, 11) is 1.41. The van der Waals surface area contributed by atoms with E-state index in [0.717, 1.165) is 13.0 Å². The summed E-state index contributed by atoms with van der Waals surface area (Å²) in [5.74, 6) is 0.0256. The number of pyridine rings is 1. The number of nitrogens with zero attached hydrogens (tertiary/aromatic N) is 1. The Labute approximate surface area is 93.8 Å². The molecular formula is C11H15FN2O2. The smallest absolute Gasteiger partial charge is 0.255 e. The van der Waals surface area contributed by atoms with Crippen LogP contribution in [0.4, 0.5) is 4.39 Å². The van der Waals surface area contributed by atoms with Crippen molar-refractivity contribution in [3.8, 4) is 11.5 Å². The number of methoxy groups -OCH3 is 1. The lowest BCUT2D eigenvalue weighted by atomic mass is 10.2. The van der Waals surface area contributed by atoms with E-state index in [0.29, 0.717) is 18.4 Å². The van der Waals surface area contributed by atoms with Crippen LogP contribution in [-0.4, -0.2) is 31.3 Å². The van der Waals surface area contributed by atoms with Gasteiger partial charge in [-0.15, -0.1) is 0 Å². The third kappa shape index (κ3) is 2.61. The Morgan fingerprint density at radius 2 is 2.50 bits per heavy atom. The number of nitrogens with one attached hydrogen (secondary N) is 1. The number of ether oxygens (including phenoxy) is 2. The molecule has 88 valence electrons. The summed E-state index contributed by atoms with van der Waals surface area (Å²) in [5.41, 5.74) is 0. The van der Waals surface area contributed by atoms with Gasteiger partial charge in [-0.05, 0) is 19.4 Å². The molecule has 1 N–H and O–H groups in total. The minimum atomic E-state index is -0.617. The van der Waals surface area contributed by atoms with Crippen LogP contribution in [0, 0.1) is 5.95 Å². The zero-order valence-corrected chi connectivity index (χ0v) is 9.20. The first-order chi connectivity index (χ1) is 7.79. The van der Waals surface area contributed by atoms with Gasteiger partial charge in [0.05, 0.1) is 13.3 Å². The maximum atomic E-state index is 13.0. The second-order valence-corrected chi connectivity index (χ2v) is 3.77. The van der Waals surface area contributed by atoms with Gasteiger partial charge in [0.2, 0.25) is 0 Å². The van der Waals surface area contributed by atoms with Crippen molar-refractivity contribution in [2.45, 2.75) is 18.9 Å². The molecule has 1 unspecified atom stereocenters. The lowest BCUT2D eigenvalue weighted by Crippen LogP contribution is -2.28. The average molecular weight is 226 g/mol. The first kappa shape index (κ1) is 11.1. The van der Waals surface area contributed by atoms with Crippen molar-refractivity contribution in [2.24, 2.45) is 0 Å². The first-order valence-corrected chi connectivity index (χ1v) is 5.35. The molecule has 0 amide bonds. The molecule has 2 heterocycles. The molecule has 2 rings (SSSR count). The Bertz CT molecular complexity index is 354. The fraction of sp³-hybridized carbons (Fsp3) is 0.545. The van der Waals surface area contributed by atoms with E-state index in [1.165, 1.54) is 25.8 Å². The third-order valence-electron chi connectivity index (χ3n) is 2.62. The predicted molar refractivity (Wildman–Crippen MR) is 57.3 cm³/mol. The molecule has 0 spiro atoms. The minimum absolute atomic E-state index is 0.108. The Morgan fingerprint density at radius 1 is 1.62 bits per heavy atom. The summed E-state index contributed by atoms with van der Waals surface area (Å²) in [6.07, 6.45) is 3.66. The molecule has 1 aliphatic heterocycles. The lowest BCUT2D eigenvalue weighted by molar-refractivity contribution is 0.272. The molecule has 5 heteroatoms. The van der Waals surface area contributed by atoms with E-state index in [4.69, 9.17) is 9.47 Å². The lowest BCUT2D eigenvalue weighted by Gasteiger charge is -2.12. The molecule has 0 bridgehead atoms. The van der Waals surface area contributed by atoms with Crippen molar-refractivity contribution in [1.29, 1.82) is 0 Å². The van der Waals surface area contributed by atoms with Crippen LogP contribution >= 0.6 is 0 Å². The molecule has 16 heavy (non-hydrogen) atoms. The minimum Gasteiger partial charge on any atom is -0.492 e. The molecule has 1 atom stereocenters. The Kier molecular flexibility index (Phi) is 3.56. The molecule has 4 nitrogen and oxygen atoms in total. The van der Waals surface area contributed by atoms with Crippen LogP contribution in [0.2, 0.25) is 0 Å². The quantitative estimate of drug-likeness (QED) is 0.787. The first-order valence-electron chi connectivity index (χ1n) is 5.35. The van der Waals surface area contributed by atoms with Gasteiger partial charge < -0.3 is 14.8 Å². The highest BCUT2D eigenvalue weighted by atomic mass is 19.1. The second-order valence-electron chi connectivity index (χ2n) is 3.77. The van der Waals surface area contributed by atoms with E-state index in [2.05, 4.69) is 10.3 Å². The fourth-order valence-electron chi connectivity index (χ4n) is 1.73. The van der Waals surface area contributed by atoms with Crippen LogP contribution in [0.5, 0.6) is 11.5 Å². The SMILES string of the molecule is COc1cc(OCC2CCCN2)cnc1F. The standard InChI is InChI=1S/C11H15FN2O2/c1-15-10-5-9(6-14-11(10)12)16-7-8-3-2-4-13-8/h5-6,8,13H,2-4,7H2,1H3. The Balaban J connectivity index is 1.93. The van der Waals surface area contributed by atoms with Crippen LogP contribution in [0.1, 0.15) is 12.8 Å².